The predicted octanol–water partition coefficient (Wildman–Crippen LogP) is 2.47. The highest BCUT2D eigenvalue weighted by atomic mass is 15.2. The van der Waals surface area contributed by atoms with Gasteiger partial charge in [-0.15, -0.1) is 0 Å². The van der Waals surface area contributed by atoms with Crippen molar-refractivity contribution in [3.05, 3.63) is 35.9 Å². The van der Waals surface area contributed by atoms with Gasteiger partial charge in [0.15, 0.2) is 5.96 Å². The molecule has 1 saturated heterocycles. The molecule has 1 heterocycles. The molecule has 0 saturated carbocycles. The SMILES string of the molecule is CCNC(=NCc1ccccc1)NCCN1CCC(C)CC1. The lowest BCUT2D eigenvalue weighted by Gasteiger charge is -2.30. The lowest BCUT2D eigenvalue weighted by Crippen LogP contribution is -2.43. The van der Waals surface area contributed by atoms with E-state index in [1.54, 1.807) is 0 Å². The van der Waals surface area contributed by atoms with Crippen molar-refractivity contribution in [3.8, 4) is 0 Å². The van der Waals surface area contributed by atoms with E-state index in [0.717, 1.165) is 38.1 Å². The minimum Gasteiger partial charge on any atom is -0.357 e. The Labute approximate surface area is 135 Å². The fourth-order valence-electron chi connectivity index (χ4n) is 2.71. The molecule has 0 amide bonds. The average molecular weight is 302 g/mol. The van der Waals surface area contributed by atoms with Gasteiger partial charge in [0.25, 0.3) is 0 Å². The molecule has 4 heteroatoms. The molecule has 122 valence electrons. The number of benzene rings is 1. The second-order valence-electron chi connectivity index (χ2n) is 6.13. The van der Waals surface area contributed by atoms with Crippen molar-refractivity contribution in [3.63, 3.8) is 0 Å². The molecule has 0 bridgehead atoms. The molecule has 0 atom stereocenters. The molecule has 0 aliphatic carbocycles. The Bertz CT molecular complexity index is 436. The molecule has 0 radical (unpaired) electrons. The fraction of sp³-hybridized carbons (Fsp3) is 0.611. The Morgan fingerprint density at radius 1 is 1.18 bits per heavy atom. The van der Waals surface area contributed by atoms with Crippen molar-refractivity contribution in [1.29, 1.82) is 0 Å². The van der Waals surface area contributed by atoms with E-state index in [4.69, 9.17) is 0 Å². The third-order valence-electron chi connectivity index (χ3n) is 4.20. The minimum atomic E-state index is 0.720. The zero-order valence-corrected chi connectivity index (χ0v) is 14.0. The summed E-state index contributed by atoms with van der Waals surface area (Å²) in [4.78, 5) is 7.20. The van der Waals surface area contributed by atoms with Gasteiger partial charge < -0.3 is 15.5 Å². The predicted molar refractivity (Wildman–Crippen MR) is 94.1 cm³/mol. The van der Waals surface area contributed by atoms with Gasteiger partial charge >= 0.3 is 0 Å². The lowest BCUT2D eigenvalue weighted by molar-refractivity contribution is 0.195. The highest BCUT2D eigenvalue weighted by molar-refractivity contribution is 5.79. The smallest absolute Gasteiger partial charge is 0.191 e. The van der Waals surface area contributed by atoms with Gasteiger partial charge in [0.05, 0.1) is 6.54 Å². The van der Waals surface area contributed by atoms with Crippen LogP contribution in [0.4, 0.5) is 0 Å². The number of piperidine rings is 1. The quantitative estimate of drug-likeness (QED) is 0.626. The van der Waals surface area contributed by atoms with Crippen molar-refractivity contribution < 1.29 is 0 Å². The van der Waals surface area contributed by atoms with Crippen LogP contribution in [0.1, 0.15) is 32.3 Å². The van der Waals surface area contributed by atoms with E-state index < -0.39 is 0 Å². The molecule has 22 heavy (non-hydrogen) atoms. The molecule has 1 fully saturated rings. The first-order chi connectivity index (χ1) is 10.8. The van der Waals surface area contributed by atoms with E-state index in [2.05, 4.69) is 58.6 Å². The van der Waals surface area contributed by atoms with Gasteiger partial charge in [-0.2, -0.15) is 0 Å². The third kappa shape index (κ3) is 6.06. The number of nitrogens with one attached hydrogen (secondary N) is 2. The molecule has 0 spiro atoms. The van der Waals surface area contributed by atoms with Crippen molar-refractivity contribution in [2.45, 2.75) is 33.2 Å². The number of nitrogens with zero attached hydrogens (tertiary/aromatic N) is 2. The zero-order chi connectivity index (χ0) is 15.6. The average Bonchev–Trinajstić information content (AvgIpc) is 2.55. The van der Waals surface area contributed by atoms with E-state index in [9.17, 15) is 0 Å². The van der Waals surface area contributed by atoms with Gasteiger partial charge in [0, 0.05) is 19.6 Å². The largest absolute Gasteiger partial charge is 0.357 e. The summed E-state index contributed by atoms with van der Waals surface area (Å²) >= 11 is 0. The van der Waals surface area contributed by atoms with Crippen molar-refractivity contribution in [2.75, 3.05) is 32.7 Å². The number of hydrogen-bond donors (Lipinski definition) is 2. The van der Waals surface area contributed by atoms with Crippen LogP contribution < -0.4 is 10.6 Å². The molecule has 2 rings (SSSR count). The first-order valence-electron chi connectivity index (χ1n) is 8.56. The molecule has 1 aromatic carbocycles. The first kappa shape index (κ1) is 16.8. The van der Waals surface area contributed by atoms with Crippen LogP contribution in [0.3, 0.4) is 0 Å². The summed E-state index contributed by atoms with van der Waals surface area (Å²) in [6.45, 7) is 10.6. The van der Waals surface area contributed by atoms with Crippen LogP contribution in [0.15, 0.2) is 35.3 Å². The maximum atomic E-state index is 4.65. The maximum absolute atomic E-state index is 4.65. The molecular formula is C18H30N4. The number of rotatable bonds is 6. The van der Waals surface area contributed by atoms with E-state index in [-0.39, 0.29) is 0 Å². The van der Waals surface area contributed by atoms with Gasteiger partial charge in [-0.05, 0) is 44.3 Å². The number of hydrogen-bond acceptors (Lipinski definition) is 2. The fourth-order valence-corrected chi connectivity index (χ4v) is 2.71. The molecule has 2 N–H and O–H groups in total. The van der Waals surface area contributed by atoms with E-state index in [0.29, 0.717) is 0 Å². The molecule has 0 aromatic heterocycles. The molecular weight excluding hydrogens is 272 g/mol. The standard InChI is InChI=1S/C18H30N4/c1-3-19-18(21-15-17-7-5-4-6-8-17)20-11-14-22-12-9-16(2)10-13-22/h4-8,16H,3,9-15H2,1-2H3,(H2,19,20,21). The van der Waals surface area contributed by atoms with Gasteiger partial charge in [-0.3, -0.25) is 0 Å². The van der Waals surface area contributed by atoms with Crippen LogP contribution in [0.5, 0.6) is 0 Å². The maximum Gasteiger partial charge on any atom is 0.191 e. The van der Waals surface area contributed by atoms with Crippen molar-refractivity contribution in [1.82, 2.24) is 15.5 Å². The highest BCUT2D eigenvalue weighted by Gasteiger charge is 2.14. The van der Waals surface area contributed by atoms with Crippen LogP contribution in [0.2, 0.25) is 0 Å². The third-order valence-corrected chi connectivity index (χ3v) is 4.20. The molecule has 4 nitrogen and oxygen atoms in total. The number of aliphatic imine (C=N–C) groups is 1. The summed E-state index contributed by atoms with van der Waals surface area (Å²) in [7, 11) is 0. The van der Waals surface area contributed by atoms with Crippen LogP contribution >= 0.6 is 0 Å². The van der Waals surface area contributed by atoms with Gasteiger partial charge in [0.1, 0.15) is 0 Å². The number of likely N-dealkylation sites (tertiary alicyclic amines) is 1. The number of guanidine groups is 1. The summed E-state index contributed by atoms with van der Waals surface area (Å²) in [5.74, 6) is 1.81. The van der Waals surface area contributed by atoms with Crippen LogP contribution in [-0.4, -0.2) is 43.6 Å². The lowest BCUT2D eigenvalue weighted by atomic mass is 9.99. The van der Waals surface area contributed by atoms with Gasteiger partial charge in [0.2, 0.25) is 0 Å². The summed E-state index contributed by atoms with van der Waals surface area (Å²) in [5.41, 5.74) is 1.24. The van der Waals surface area contributed by atoms with Crippen molar-refractivity contribution in [2.24, 2.45) is 10.9 Å². The molecule has 0 unspecified atom stereocenters. The Morgan fingerprint density at radius 3 is 2.59 bits per heavy atom. The van der Waals surface area contributed by atoms with E-state index in [1.807, 2.05) is 6.07 Å². The first-order valence-corrected chi connectivity index (χ1v) is 8.56. The summed E-state index contributed by atoms with van der Waals surface area (Å²) in [6, 6.07) is 10.4. The Hall–Kier alpha value is -1.55. The Kier molecular flexibility index (Phi) is 7.23. The highest BCUT2D eigenvalue weighted by Crippen LogP contribution is 2.15. The van der Waals surface area contributed by atoms with Crippen LogP contribution in [0, 0.1) is 5.92 Å². The van der Waals surface area contributed by atoms with Gasteiger partial charge in [-0.25, -0.2) is 4.99 Å². The minimum absolute atomic E-state index is 0.720. The summed E-state index contributed by atoms with van der Waals surface area (Å²) in [6.07, 6.45) is 2.67. The molecule has 1 aliphatic rings. The summed E-state index contributed by atoms with van der Waals surface area (Å²) in [5, 5.41) is 6.76. The molecule has 1 aromatic rings. The topological polar surface area (TPSA) is 39.7 Å². The zero-order valence-electron chi connectivity index (χ0n) is 14.0. The van der Waals surface area contributed by atoms with Crippen LogP contribution in [-0.2, 0) is 6.54 Å². The van der Waals surface area contributed by atoms with Crippen molar-refractivity contribution >= 4 is 5.96 Å². The Balaban J connectivity index is 1.74. The van der Waals surface area contributed by atoms with E-state index >= 15 is 0 Å². The molecule has 1 aliphatic heterocycles. The normalized spacial score (nSPS) is 17.5. The Morgan fingerprint density at radius 2 is 1.91 bits per heavy atom. The van der Waals surface area contributed by atoms with E-state index in [1.165, 1.54) is 31.5 Å². The monoisotopic (exact) mass is 302 g/mol. The summed E-state index contributed by atoms with van der Waals surface area (Å²) < 4.78 is 0. The van der Waals surface area contributed by atoms with Crippen LogP contribution in [0.25, 0.3) is 0 Å². The second-order valence-corrected chi connectivity index (χ2v) is 6.13. The second kappa shape index (κ2) is 9.46. The van der Waals surface area contributed by atoms with Gasteiger partial charge in [-0.1, -0.05) is 37.3 Å².